The smallest absolute Gasteiger partial charge is 0.268 e. The summed E-state index contributed by atoms with van der Waals surface area (Å²) in [5.41, 5.74) is 0.652. The number of benzene rings is 1. The summed E-state index contributed by atoms with van der Waals surface area (Å²) in [6.07, 6.45) is 0.471. The predicted molar refractivity (Wildman–Crippen MR) is 70.0 cm³/mol. The van der Waals surface area contributed by atoms with Crippen molar-refractivity contribution in [3.8, 4) is 0 Å². The maximum Gasteiger partial charge on any atom is 0.326 e. The van der Waals surface area contributed by atoms with E-state index in [2.05, 4.69) is 4.72 Å². The summed E-state index contributed by atoms with van der Waals surface area (Å²) in [5.74, 6) is -0.456. The van der Waals surface area contributed by atoms with E-state index < -0.39 is 22.2 Å². The molecule has 98 valence electrons. The first-order chi connectivity index (χ1) is 8.51. The van der Waals surface area contributed by atoms with Crippen molar-refractivity contribution in [2.45, 2.75) is 19.4 Å². The van der Waals surface area contributed by atoms with Crippen molar-refractivity contribution in [3.05, 3.63) is 29.8 Å². The Bertz CT molecular complexity index is 569. The van der Waals surface area contributed by atoms with Gasteiger partial charge in [-0.1, -0.05) is 19.1 Å². The maximum absolute atomic E-state index is 12.2. The van der Waals surface area contributed by atoms with Crippen molar-refractivity contribution in [3.63, 3.8) is 0 Å². The molecule has 1 aliphatic heterocycles. The van der Waals surface area contributed by atoms with Crippen LogP contribution in [0.25, 0.3) is 0 Å². The molecule has 0 saturated heterocycles. The van der Waals surface area contributed by atoms with E-state index in [4.69, 9.17) is 11.6 Å². The highest BCUT2D eigenvalue weighted by atomic mass is 35.5. The fraction of sp³-hybridized carbons (Fsp3) is 0.364. The highest BCUT2D eigenvalue weighted by Gasteiger charge is 2.39. The molecule has 0 fully saturated rings. The fourth-order valence-corrected chi connectivity index (χ4v) is 3.80. The van der Waals surface area contributed by atoms with Gasteiger partial charge in [0.2, 0.25) is 0 Å². The lowest BCUT2D eigenvalue weighted by Crippen LogP contribution is -2.50. The molecule has 1 atom stereocenters. The third-order valence-corrected chi connectivity index (χ3v) is 4.65. The van der Waals surface area contributed by atoms with Crippen molar-refractivity contribution in [2.75, 3.05) is 10.6 Å². The highest BCUT2D eigenvalue weighted by Crippen LogP contribution is 2.28. The Morgan fingerprint density at radius 3 is 2.67 bits per heavy atom. The van der Waals surface area contributed by atoms with Crippen LogP contribution in [0, 0.1) is 0 Å². The molecule has 0 spiro atoms. The van der Waals surface area contributed by atoms with Gasteiger partial charge in [-0.2, -0.15) is 8.42 Å². The number of hydrogen-bond donors (Lipinski definition) is 1. The number of alkyl halides is 1. The number of amides is 1. The standard InChI is InChI=1S/C11H13ClN2O3S/c1-2-8(7-12)14-11(15)9-5-3-4-6-10(9)13-18(14,16)17/h3-6,8,13H,2,7H2,1H3. The average molecular weight is 289 g/mol. The number of hydrogen-bond acceptors (Lipinski definition) is 3. The van der Waals surface area contributed by atoms with Gasteiger partial charge in [-0.15, -0.1) is 11.6 Å². The number of rotatable bonds is 3. The van der Waals surface area contributed by atoms with Gasteiger partial charge in [0.15, 0.2) is 0 Å². The fourth-order valence-electron chi connectivity index (χ4n) is 1.87. The lowest BCUT2D eigenvalue weighted by Gasteiger charge is -2.33. The van der Waals surface area contributed by atoms with Gasteiger partial charge in [-0.05, 0) is 18.6 Å². The molecule has 0 bridgehead atoms. The van der Waals surface area contributed by atoms with E-state index in [1.165, 1.54) is 0 Å². The molecule has 0 aliphatic carbocycles. The summed E-state index contributed by atoms with van der Waals surface area (Å²) in [7, 11) is -3.86. The zero-order valence-corrected chi connectivity index (χ0v) is 11.3. The molecule has 1 aromatic carbocycles. The van der Waals surface area contributed by atoms with Gasteiger partial charge < -0.3 is 0 Å². The van der Waals surface area contributed by atoms with E-state index in [-0.39, 0.29) is 5.88 Å². The second-order valence-corrected chi connectivity index (χ2v) is 5.83. The second-order valence-electron chi connectivity index (χ2n) is 3.97. The first-order valence-electron chi connectivity index (χ1n) is 5.52. The lowest BCUT2D eigenvalue weighted by molar-refractivity contribution is 0.0826. The number of halogens is 1. The molecule has 7 heteroatoms. The van der Waals surface area contributed by atoms with Crippen LogP contribution in [-0.4, -0.2) is 30.6 Å². The number of nitrogens with one attached hydrogen (secondary N) is 1. The quantitative estimate of drug-likeness (QED) is 0.863. The van der Waals surface area contributed by atoms with E-state index in [9.17, 15) is 13.2 Å². The Balaban J connectivity index is 2.53. The van der Waals surface area contributed by atoms with Crippen LogP contribution in [0.1, 0.15) is 23.7 Å². The summed E-state index contributed by atoms with van der Waals surface area (Å²) in [6, 6.07) is 5.97. The number of nitrogens with zero attached hydrogens (tertiary/aromatic N) is 1. The van der Waals surface area contributed by atoms with E-state index in [0.29, 0.717) is 17.7 Å². The van der Waals surface area contributed by atoms with Crippen molar-refractivity contribution in [1.29, 1.82) is 0 Å². The van der Waals surface area contributed by atoms with Crippen LogP contribution >= 0.6 is 11.6 Å². The monoisotopic (exact) mass is 288 g/mol. The molecule has 1 heterocycles. The Labute approximate surface area is 111 Å². The first-order valence-corrected chi connectivity index (χ1v) is 7.50. The third kappa shape index (κ3) is 2.06. The molecule has 0 radical (unpaired) electrons. The number of carbonyl (C=O) groups is 1. The largest absolute Gasteiger partial charge is 0.326 e. The van der Waals surface area contributed by atoms with Crippen molar-refractivity contribution < 1.29 is 13.2 Å². The van der Waals surface area contributed by atoms with Gasteiger partial charge in [0, 0.05) is 5.88 Å². The minimum Gasteiger partial charge on any atom is -0.268 e. The van der Waals surface area contributed by atoms with Crippen molar-refractivity contribution in [2.24, 2.45) is 0 Å². The zero-order chi connectivity index (χ0) is 13.3. The van der Waals surface area contributed by atoms with Gasteiger partial charge in [0.25, 0.3) is 5.91 Å². The summed E-state index contributed by atoms with van der Waals surface area (Å²) in [5, 5.41) is 0. The summed E-state index contributed by atoms with van der Waals surface area (Å²) >= 11 is 5.73. The molecule has 2 rings (SSSR count). The van der Waals surface area contributed by atoms with Gasteiger partial charge >= 0.3 is 10.2 Å². The van der Waals surface area contributed by atoms with Gasteiger partial charge in [0.1, 0.15) is 0 Å². The van der Waals surface area contributed by atoms with Crippen LogP contribution in [-0.2, 0) is 10.2 Å². The van der Waals surface area contributed by atoms with Crippen LogP contribution in [0.5, 0.6) is 0 Å². The predicted octanol–water partition coefficient (Wildman–Crippen LogP) is 1.82. The van der Waals surface area contributed by atoms with Gasteiger partial charge in [-0.3, -0.25) is 9.52 Å². The Hall–Kier alpha value is -1.27. The van der Waals surface area contributed by atoms with Crippen LogP contribution in [0.15, 0.2) is 24.3 Å². The average Bonchev–Trinajstić information content (AvgIpc) is 2.33. The summed E-state index contributed by atoms with van der Waals surface area (Å²) in [4.78, 5) is 12.2. The summed E-state index contributed by atoms with van der Waals surface area (Å²) in [6.45, 7) is 1.79. The molecule has 0 saturated carbocycles. The molecule has 18 heavy (non-hydrogen) atoms. The topological polar surface area (TPSA) is 66.5 Å². The number of carbonyl (C=O) groups excluding carboxylic acids is 1. The summed E-state index contributed by atoms with van der Waals surface area (Å²) < 4.78 is 27.3. The van der Waals surface area contributed by atoms with E-state index in [1.807, 2.05) is 0 Å². The molecular weight excluding hydrogens is 276 g/mol. The Morgan fingerprint density at radius 2 is 2.06 bits per heavy atom. The molecule has 0 aromatic heterocycles. The second kappa shape index (κ2) is 4.78. The maximum atomic E-state index is 12.2. The number of anilines is 1. The number of para-hydroxylation sites is 1. The van der Waals surface area contributed by atoms with Gasteiger partial charge in [0.05, 0.1) is 17.3 Å². The van der Waals surface area contributed by atoms with Crippen LogP contribution in [0.2, 0.25) is 0 Å². The van der Waals surface area contributed by atoms with Crippen LogP contribution < -0.4 is 4.72 Å². The molecule has 1 aromatic rings. The van der Waals surface area contributed by atoms with Gasteiger partial charge in [-0.25, -0.2) is 4.31 Å². The van der Waals surface area contributed by atoms with E-state index in [1.54, 1.807) is 31.2 Å². The first kappa shape index (κ1) is 13.2. The normalized spacial score (nSPS) is 19.0. The zero-order valence-electron chi connectivity index (χ0n) is 9.76. The lowest BCUT2D eigenvalue weighted by atomic mass is 10.1. The molecule has 1 amide bonds. The molecule has 1 N–H and O–H groups in total. The minimum atomic E-state index is -3.86. The van der Waals surface area contributed by atoms with Crippen LogP contribution in [0.4, 0.5) is 5.69 Å². The van der Waals surface area contributed by atoms with E-state index >= 15 is 0 Å². The van der Waals surface area contributed by atoms with Crippen molar-refractivity contribution >= 4 is 33.4 Å². The minimum absolute atomic E-state index is 0.0747. The number of fused-ring (bicyclic) bond motifs is 1. The van der Waals surface area contributed by atoms with Crippen LogP contribution in [0.3, 0.4) is 0 Å². The Kier molecular flexibility index (Phi) is 3.49. The Morgan fingerprint density at radius 1 is 1.39 bits per heavy atom. The molecule has 1 unspecified atom stereocenters. The SMILES string of the molecule is CCC(CCl)N1C(=O)c2ccccc2NS1(=O)=O. The third-order valence-electron chi connectivity index (χ3n) is 2.84. The van der Waals surface area contributed by atoms with E-state index in [0.717, 1.165) is 4.31 Å². The highest BCUT2D eigenvalue weighted by molar-refractivity contribution is 7.91. The molecule has 1 aliphatic rings. The van der Waals surface area contributed by atoms with Crippen molar-refractivity contribution in [1.82, 2.24) is 4.31 Å². The molecule has 5 nitrogen and oxygen atoms in total. The molecular formula is C11H13ClN2O3S.